The van der Waals surface area contributed by atoms with Gasteiger partial charge in [0.15, 0.2) is 5.65 Å². The smallest absolute Gasteiger partial charge is 0.299 e. The molecule has 3 aromatic rings. The third kappa shape index (κ3) is 4.27. The van der Waals surface area contributed by atoms with Crippen molar-refractivity contribution in [3.05, 3.63) is 53.9 Å². The Morgan fingerprint density at radius 2 is 1.88 bits per heavy atom. The van der Waals surface area contributed by atoms with Crippen LogP contribution in [0.4, 0.5) is 14.6 Å². The molecule has 0 aliphatic carbocycles. The topological polar surface area (TPSA) is 58.3 Å². The predicted octanol–water partition coefficient (Wildman–Crippen LogP) is 2.99. The van der Waals surface area contributed by atoms with E-state index in [1.165, 1.54) is 5.56 Å². The third-order valence-corrected chi connectivity index (χ3v) is 3.76. The van der Waals surface area contributed by atoms with Crippen LogP contribution in [-0.4, -0.2) is 44.3 Å². The molecule has 0 saturated carbocycles. The standard InChI is InChI=1S/C17H20F2N6/c1-12(10-24(2)11-13-6-4-3-5-7-13)20-14-8-9-15-21-22-17(16(18)19)25(15)23-14/h3-9,12,16H,10-11H2,1-2H3,(H,20,23). The predicted molar refractivity (Wildman–Crippen MR) is 91.6 cm³/mol. The highest BCUT2D eigenvalue weighted by Crippen LogP contribution is 2.17. The molecule has 1 unspecified atom stereocenters. The molecule has 0 aliphatic heterocycles. The zero-order valence-electron chi connectivity index (χ0n) is 14.1. The van der Waals surface area contributed by atoms with Crippen LogP contribution < -0.4 is 5.32 Å². The zero-order valence-corrected chi connectivity index (χ0v) is 14.1. The Morgan fingerprint density at radius 1 is 1.12 bits per heavy atom. The first kappa shape index (κ1) is 17.2. The van der Waals surface area contributed by atoms with E-state index in [2.05, 4.69) is 37.6 Å². The monoisotopic (exact) mass is 346 g/mol. The van der Waals surface area contributed by atoms with Crippen molar-refractivity contribution < 1.29 is 8.78 Å². The van der Waals surface area contributed by atoms with Crippen molar-refractivity contribution in [2.24, 2.45) is 0 Å². The van der Waals surface area contributed by atoms with Gasteiger partial charge in [0.2, 0.25) is 5.82 Å². The first-order valence-electron chi connectivity index (χ1n) is 8.02. The minimum Gasteiger partial charge on any atom is -0.365 e. The first-order chi connectivity index (χ1) is 12.0. The molecular weight excluding hydrogens is 326 g/mol. The van der Waals surface area contributed by atoms with E-state index in [9.17, 15) is 8.78 Å². The molecule has 0 amide bonds. The van der Waals surface area contributed by atoms with Crippen molar-refractivity contribution in [1.82, 2.24) is 24.7 Å². The number of rotatable bonds is 7. The average molecular weight is 346 g/mol. The van der Waals surface area contributed by atoms with Gasteiger partial charge in [-0.15, -0.1) is 15.3 Å². The number of likely N-dealkylation sites (N-methyl/N-ethyl adjacent to an activating group) is 1. The number of aromatic nitrogens is 4. The molecule has 3 rings (SSSR count). The van der Waals surface area contributed by atoms with E-state index in [0.717, 1.165) is 17.6 Å². The zero-order chi connectivity index (χ0) is 17.8. The molecule has 0 fully saturated rings. The Kier molecular flexibility index (Phi) is 5.18. The molecule has 0 bridgehead atoms. The summed E-state index contributed by atoms with van der Waals surface area (Å²) < 4.78 is 26.9. The fourth-order valence-corrected chi connectivity index (χ4v) is 2.74. The highest BCUT2D eigenvalue weighted by Gasteiger charge is 2.17. The highest BCUT2D eigenvalue weighted by molar-refractivity contribution is 5.44. The maximum absolute atomic E-state index is 12.9. The summed E-state index contributed by atoms with van der Waals surface area (Å²) in [5, 5.41) is 14.6. The molecule has 0 aliphatic rings. The Morgan fingerprint density at radius 3 is 2.60 bits per heavy atom. The minimum atomic E-state index is -2.72. The molecule has 8 heteroatoms. The van der Waals surface area contributed by atoms with Gasteiger partial charge in [-0.3, -0.25) is 0 Å². The van der Waals surface area contributed by atoms with Crippen molar-refractivity contribution in [2.75, 3.05) is 18.9 Å². The van der Waals surface area contributed by atoms with Gasteiger partial charge in [0.25, 0.3) is 6.43 Å². The highest BCUT2D eigenvalue weighted by atomic mass is 19.3. The van der Waals surface area contributed by atoms with E-state index in [4.69, 9.17) is 0 Å². The molecule has 0 spiro atoms. The Hall–Kier alpha value is -2.61. The summed E-state index contributed by atoms with van der Waals surface area (Å²) in [6.45, 7) is 3.63. The lowest BCUT2D eigenvalue weighted by Gasteiger charge is -2.22. The van der Waals surface area contributed by atoms with E-state index in [-0.39, 0.29) is 6.04 Å². The van der Waals surface area contributed by atoms with E-state index < -0.39 is 12.2 Å². The third-order valence-electron chi connectivity index (χ3n) is 3.76. The lowest BCUT2D eigenvalue weighted by Crippen LogP contribution is -2.32. The van der Waals surface area contributed by atoms with Gasteiger partial charge in [-0.1, -0.05) is 30.3 Å². The summed E-state index contributed by atoms with van der Waals surface area (Å²) in [4.78, 5) is 2.19. The van der Waals surface area contributed by atoms with E-state index in [1.807, 2.05) is 32.2 Å². The summed E-state index contributed by atoms with van der Waals surface area (Å²) >= 11 is 0. The molecule has 132 valence electrons. The SMILES string of the molecule is CC(CN(C)Cc1ccccc1)Nc1ccc2nnc(C(F)F)n2n1. The van der Waals surface area contributed by atoms with Crippen molar-refractivity contribution in [3.63, 3.8) is 0 Å². The number of hydrogen-bond donors (Lipinski definition) is 1. The van der Waals surface area contributed by atoms with Crippen LogP contribution in [0.3, 0.4) is 0 Å². The molecule has 1 aromatic carbocycles. The van der Waals surface area contributed by atoms with Crippen LogP contribution in [0.1, 0.15) is 24.7 Å². The number of halogens is 2. The second kappa shape index (κ2) is 7.52. The molecule has 0 saturated heterocycles. The van der Waals surface area contributed by atoms with Crippen molar-refractivity contribution >= 4 is 11.5 Å². The van der Waals surface area contributed by atoms with E-state index in [0.29, 0.717) is 11.5 Å². The van der Waals surface area contributed by atoms with Crippen LogP contribution in [0, 0.1) is 0 Å². The second-order valence-electron chi connectivity index (χ2n) is 6.08. The van der Waals surface area contributed by atoms with Gasteiger partial charge in [-0.2, -0.15) is 4.52 Å². The minimum absolute atomic E-state index is 0.0881. The maximum Gasteiger partial charge on any atom is 0.299 e. The molecule has 25 heavy (non-hydrogen) atoms. The normalized spacial score (nSPS) is 12.9. The quantitative estimate of drug-likeness (QED) is 0.713. The van der Waals surface area contributed by atoms with Crippen LogP contribution >= 0.6 is 0 Å². The first-order valence-corrected chi connectivity index (χ1v) is 8.02. The number of fused-ring (bicyclic) bond motifs is 1. The van der Waals surface area contributed by atoms with Gasteiger partial charge < -0.3 is 10.2 Å². The summed E-state index contributed by atoms with van der Waals surface area (Å²) in [5.74, 6) is 0.0577. The Balaban J connectivity index is 1.63. The molecule has 1 N–H and O–H groups in total. The van der Waals surface area contributed by atoms with Crippen LogP contribution in [0.5, 0.6) is 0 Å². The van der Waals surface area contributed by atoms with Crippen molar-refractivity contribution in [1.29, 1.82) is 0 Å². The number of alkyl halides is 2. The summed E-state index contributed by atoms with van der Waals surface area (Å²) in [5.41, 5.74) is 1.54. The van der Waals surface area contributed by atoms with Gasteiger partial charge in [0.1, 0.15) is 5.82 Å². The van der Waals surface area contributed by atoms with Gasteiger partial charge in [-0.05, 0) is 31.7 Å². The lowest BCUT2D eigenvalue weighted by atomic mass is 10.2. The van der Waals surface area contributed by atoms with Crippen LogP contribution in [0.15, 0.2) is 42.5 Å². The number of hydrogen-bond acceptors (Lipinski definition) is 5. The van der Waals surface area contributed by atoms with E-state index >= 15 is 0 Å². The lowest BCUT2D eigenvalue weighted by molar-refractivity contribution is 0.137. The van der Waals surface area contributed by atoms with Crippen LogP contribution in [0.2, 0.25) is 0 Å². The van der Waals surface area contributed by atoms with Gasteiger partial charge in [-0.25, -0.2) is 8.78 Å². The number of benzene rings is 1. The Bertz CT molecular complexity index is 820. The average Bonchev–Trinajstić information content (AvgIpc) is 2.98. The van der Waals surface area contributed by atoms with Gasteiger partial charge in [0.05, 0.1) is 0 Å². The van der Waals surface area contributed by atoms with Crippen LogP contribution in [0.25, 0.3) is 5.65 Å². The maximum atomic E-state index is 12.9. The second-order valence-corrected chi connectivity index (χ2v) is 6.08. The Labute approximate surface area is 144 Å². The molecular formula is C17H20F2N6. The van der Waals surface area contributed by atoms with Gasteiger partial charge in [0, 0.05) is 19.1 Å². The number of nitrogens with zero attached hydrogens (tertiary/aromatic N) is 5. The summed E-state index contributed by atoms with van der Waals surface area (Å²) in [6, 6.07) is 13.6. The summed E-state index contributed by atoms with van der Waals surface area (Å²) in [7, 11) is 2.04. The fraction of sp³-hybridized carbons (Fsp3) is 0.353. The largest absolute Gasteiger partial charge is 0.365 e. The van der Waals surface area contributed by atoms with Gasteiger partial charge >= 0.3 is 0 Å². The van der Waals surface area contributed by atoms with E-state index in [1.54, 1.807) is 12.1 Å². The summed E-state index contributed by atoms with van der Waals surface area (Å²) in [6.07, 6.45) is -2.72. The molecule has 2 aromatic heterocycles. The number of nitrogens with one attached hydrogen (secondary N) is 1. The molecule has 2 heterocycles. The fourth-order valence-electron chi connectivity index (χ4n) is 2.74. The molecule has 1 atom stereocenters. The van der Waals surface area contributed by atoms with Crippen molar-refractivity contribution in [3.8, 4) is 0 Å². The number of anilines is 1. The molecule has 6 nitrogen and oxygen atoms in total. The molecule has 0 radical (unpaired) electrons. The van der Waals surface area contributed by atoms with Crippen LogP contribution in [-0.2, 0) is 6.54 Å². The van der Waals surface area contributed by atoms with Crippen molar-refractivity contribution in [2.45, 2.75) is 25.9 Å².